The maximum absolute atomic E-state index is 12.6. The summed E-state index contributed by atoms with van der Waals surface area (Å²) in [6, 6.07) is 9.94. The van der Waals surface area contributed by atoms with Crippen LogP contribution in [-0.2, 0) is 4.74 Å². The van der Waals surface area contributed by atoms with Crippen molar-refractivity contribution in [3.8, 4) is 0 Å². The van der Waals surface area contributed by atoms with Crippen LogP contribution in [0.4, 0.5) is 0 Å². The predicted octanol–water partition coefficient (Wildman–Crippen LogP) is 3.00. The van der Waals surface area contributed by atoms with Crippen molar-refractivity contribution in [2.45, 2.75) is 38.8 Å². The highest BCUT2D eigenvalue weighted by atomic mass is 16.5. The van der Waals surface area contributed by atoms with Crippen LogP contribution in [0.5, 0.6) is 0 Å². The molecule has 1 saturated carbocycles. The molecule has 0 amide bonds. The largest absolute Gasteiger partial charge is 0.383 e. The molecule has 0 radical (unpaired) electrons. The van der Waals surface area contributed by atoms with E-state index in [1.807, 2.05) is 37.3 Å². The van der Waals surface area contributed by atoms with Crippen molar-refractivity contribution in [1.82, 2.24) is 4.90 Å². The third kappa shape index (κ3) is 3.68. The monoisotopic (exact) mass is 275 g/mol. The molecule has 2 atom stereocenters. The molecule has 0 N–H and O–H groups in total. The highest BCUT2D eigenvalue weighted by molar-refractivity contribution is 5.99. The van der Waals surface area contributed by atoms with Gasteiger partial charge in [-0.05, 0) is 32.6 Å². The molecule has 1 aromatic rings. The van der Waals surface area contributed by atoms with Gasteiger partial charge in [0.15, 0.2) is 5.78 Å². The van der Waals surface area contributed by atoms with Crippen LogP contribution in [0.25, 0.3) is 0 Å². The lowest BCUT2D eigenvalue weighted by Gasteiger charge is -2.33. The van der Waals surface area contributed by atoms with Gasteiger partial charge in [0.05, 0.1) is 12.6 Å². The van der Waals surface area contributed by atoms with E-state index in [9.17, 15) is 4.79 Å². The number of rotatable bonds is 8. The fourth-order valence-corrected chi connectivity index (χ4v) is 2.79. The minimum atomic E-state index is -0.0943. The van der Waals surface area contributed by atoms with E-state index in [0.717, 1.165) is 18.0 Å². The summed E-state index contributed by atoms with van der Waals surface area (Å²) in [5.74, 6) is 0.951. The topological polar surface area (TPSA) is 29.5 Å². The van der Waals surface area contributed by atoms with Crippen LogP contribution in [0.15, 0.2) is 30.3 Å². The van der Waals surface area contributed by atoms with Crippen LogP contribution in [0.2, 0.25) is 0 Å². The van der Waals surface area contributed by atoms with Gasteiger partial charge in [0, 0.05) is 25.3 Å². The molecule has 1 aliphatic rings. The van der Waals surface area contributed by atoms with E-state index in [0.29, 0.717) is 12.6 Å². The van der Waals surface area contributed by atoms with Crippen molar-refractivity contribution in [2.24, 2.45) is 5.92 Å². The van der Waals surface area contributed by atoms with Gasteiger partial charge >= 0.3 is 0 Å². The van der Waals surface area contributed by atoms with Crippen molar-refractivity contribution < 1.29 is 9.53 Å². The summed E-state index contributed by atoms with van der Waals surface area (Å²) >= 11 is 0. The summed E-state index contributed by atoms with van der Waals surface area (Å²) in [6.45, 7) is 5.74. The fourth-order valence-electron chi connectivity index (χ4n) is 2.79. The van der Waals surface area contributed by atoms with E-state index in [1.54, 1.807) is 7.11 Å². The quantitative estimate of drug-likeness (QED) is 0.683. The Morgan fingerprint density at radius 2 is 1.95 bits per heavy atom. The molecule has 0 spiro atoms. The summed E-state index contributed by atoms with van der Waals surface area (Å²) < 4.78 is 5.21. The molecule has 20 heavy (non-hydrogen) atoms. The van der Waals surface area contributed by atoms with Crippen LogP contribution in [0.1, 0.15) is 37.0 Å². The Labute approximate surface area is 121 Å². The molecule has 110 valence electrons. The molecule has 0 heterocycles. The van der Waals surface area contributed by atoms with E-state index in [-0.39, 0.29) is 11.8 Å². The molecule has 0 bridgehead atoms. The maximum Gasteiger partial charge on any atom is 0.179 e. The molecule has 0 aliphatic heterocycles. The Balaban J connectivity index is 2.08. The first kappa shape index (κ1) is 15.2. The SMILES string of the molecule is COCCN(C(C)C(=O)c1ccccc1)C(C)C1CC1. The van der Waals surface area contributed by atoms with Crippen LogP contribution in [0.3, 0.4) is 0 Å². The number of hydrogen-bond acceptors (Lipinski definition) is 3. The molecule has 2 unspecified atom stereocenters. The Kier molecular flexibility index (Phi) is 5.32. The van der Waals surface area contributed by atoms with Gasteiger partial charge in [-0.15, -0.1) is 0 Å². The minimum Gasteiger partial charge on any atom is -0.383 e. The first-order chi connectivity index (χ1) is 9.65. The molecule has 1 fully saturated rings. The van der Waals surface area contributed by atoms with E-state index >= 15 is 0 Å². The number of methoxy groups -OCH3 is 1. The summed E-state index contributed by atoms with van der Waals surface area (Å²) in [5, 5.41) is 0. The van der Waals surface area contributed by atoms with Gasteiger partial charge in [-0.2, -0.15) is 0 Å². The van der Waals surface area contributed by atoms with Gasteiger partial charge < -0.3 is 4.74 Å². The second-order valence-corrected chi connectivity index (χ2v) is 5.71. The van der Waals surface area contributed by atoms with Crippen LogP contribution in [0, 0.1) is 5.92 Å². The molecule has 3 nitrogen and oxygen atoms in total. The number of Topliss-reactive ketones (excluding diaryl/α,β-unsaturated/α-hetero) is 1. The summed E-state index contributed by atoms with van der Waals surface area (Å²) in [4.78, 5) is 14.9. The van der Waals surface area contributed by atoms with Crippen molar-refractivity contribution >= 4 is 5.78 Å². The van der Waals surface area contributed by atoms with Gasteiger partial charge in [0.1, 0.15) is 0 Å². The lowest BCUT2D eigenvalue weighted by atomic mass is 10.0. The Morgan fingerprint density at radius 3 is 2.50 bits per heavy atom. The second-order valence-electron chi connectivity index (χ2n) is 5.71. The zero-order valence-electron chi connectivity index (χ0n) is 12.7. The zero-order chi connectivity index (χ0) is 14.5. The smallest absolute Gasteiger partial charge is 0.179 e. The zero-order valence-corrected chi connectivity index (χ0v) is 12.7. The number of nitrogens with zero attached hydrogens (tertiary/aromatic N) is 1. The molecule has 2 rings (SSSR count). The van der Waals surface area contributed by atoms with Crippen LogP contribution in [-0.4, -0.2) is 43.0 Å². The van der Waals surface area contributed by atoms with E-state index in [2.05, 4.69) is 11.8 Å². The second kappa shape index (κ2) is 7.00. The fraction of sp³-hybridized carbons (Fsp3) is 0.588. The molecule has 1 aliphatic carbocycles. The lowest BCUT2D eigenvalue weighted by molar-refractivity contribution is 0.0640. The van der Waals surface area contributed by atoms with Crippen molar-refractivity contribution in [3.63, 3.8) is 0 Å². The van der Waals surface area contributed by atoms with Gasteiger partial charge in [-0.1, -0.05) is 30.3 Å². The van der Waals surface area contributed by atoms with Crippen molar-refractivity contribution in [3.05, 3.63) is 35.9 Å². The first-order valence-electron chi connectivity index (χ1n) is 7.49. The number of ether oxygens (including phenoxy) is 1. The Morgan fingerprint density at radius 1 is 1.30 bits per heavy atom. The maximum atomic E-state index is 12.6. The molecule has 0 aromatic heterocycles. The molecule has 1 aromatic carbocycles. The van der Waals surface area contributed by atoms with Crippen LogP contribution >= 0.6 is 0 Å². The van der Waals surface area contributed by atoms with Crippen molar-refractivity contribution in [2.75, 3.05) is 20.3 Å². The molecule has 3 heteroatoms. The lowest BCUT2D eigenvalue weighted by Crippen LogP contribution is -2.47. The number of benzene rings is 1. The number of hydrogen-bond donors (Lipinski definition) is 0. The van der Waals surface area contributed by atoms with E-state index in [1.165, 1.54) is 12.8 Å². The van der Waals surface area contributed by atoms with Crippen LogP contribution < -0.4 is 0 Å². The highest BCUT2D eigenvalue weighted by Crippen LogP contribution is 2.36. The van der Waals surface area contributed by atoms with Gasteiger partial charge in [-0.25, -0.2) is 0 Å². The van der Waals surface area contributed by atoms with Gasteiger partial charge in [0.25, 0.3) is 0 Å². The predicted molar refractivity (Wildman–Crippen MR) is 81.0 cm³/mol. The first-order valence-corrected chi connectivity index (χ1v) is 7.49. The average Bonchev–Trinajstić information content (AvgIpc) is 3.32. The van der Waals surface area contributed by atoms with Gasteiger partial charge in [-0.3, -0.25) is 9.69 Å². The third-order valence-electron chi connectivity index (χ3n) is 4.32. The van der Waals surface area contributed by atoms with E-state index in [4.69, 9.17) is 4.74 Å². The highest BCUT2D eigenvalue weighted by Gasteiger charge is 2.35. The number of carbonyl (C=O) groups is 1. The average molecular weight is 275 g/mol. The number of ketones is 1. The van der Waals surface area contributed by atoms with Crippen molar-refractivity contribution in [1.29, 1.82) is 0 Å². The normalized spacial score (nSPS) is 18.0. The third-order valence-corrected chi connectivity index (χ3v) is 4.32. The minimum absolute atomic E-state index is 0.0943. The Bertz CT molecular complexity index is 428. The van der Waals surface area contributed by atoms with Gasteiger partial charge in [0.2, 0.25) is 0 Å². The van der Waals surface area contributed by atoms with E-state index < -0.39 is 0 Å². The Hall–Kier alpha value is -1.19. The molecule has 0 saturated heterocycles. The summed E-state index contributed by atoms with van der Waals surface area (Å²) in [6.07, 6.45) is 2.58. The summed E-state index contributed by atoms with van der Waals surface area (Å²) in [5.41, 5.74) is 0.797. The number of carbonyl (C=O) groups excluding carboxylic acids is 1. The summed E-state index contributed by atoms with van der Waals surface area (Å²) in [7, 11) is 1.71. The standard InChI is InChI=1S/C17H25NO2/c1-13(15-9-10-15)18(11-12-20-3)14(2)17(19)16-7-5-4-6-8-16/h4-8,13-15H,9-12H2,1-3H3. The molecular weight excluding hydrogens is 250 g/mol. The molecular formula is C17H25NO2.